The van der Waals surface area contributed by atoms with Gasteiger partial charge in [-0.05, 0) is 51.4 Å². The molecule has 0 fully saturated rings. The van der Waals surface area contributed by atoms with E-state index in [0.29, 0.717) is 19.3 Å². The van der Waals surface area contributed by atoms with Gasteiger partial charge in [-0.1, -0.05) is 186 Å². The van der Waals surface area contributed by atoms with Crippen LogP contribution in [0.4, 0.5) is 0 Å². The van der Waals surface area contributed by atoms with Gasteiger partial charge in [-0.3, -0.25) is 14.4 Å². The van der Waals surface area contributed by atoms with E-state index in [4.69, 9.17) is 14.2 Å². The van der Waals surface area contributed by atoms with Crippen molar-refractivity contribution in [2.24, 2.45) is 0 Å². The molecule has 0 spiro atoms. The van der Waals surface area contributed by atoms with E-state index in [1.807, 2.05) is 0 Å². The summed E-state index contributed by atoms with van der Waals surface area (Å²) in [6.45, 7) is 6.54. The summed E-state index contributed by atoms with van der Waals surface area (Å²) in [5, 5.41) is 0. The van der Waals surface area contributed by atoms with E-state index < -0.39 is 6.10 Å². The van der Waals surface area contributed by atoms with Gasteiger partial charge in [0.25, 0.3) is 0 Å². The van der Waals surface area contributed by atoms with E-state index in [1.54, 1.807) is 0 Å². The van der Waals surface area contributed by atoms with Gasteiger partial charge in [-0.15, -0.1) is 0 Å². The van der Waals surface area contributed by atoms with Gasteiger partial charge in [0.05, 0.1) is 0 Å². The largest absolute Gasteiger partial charge is 0.462 e. The van der Waals surface area contributed by atoms with Gasteiger partial charge in [0.15, 0.2) is 6.10 Å². The van der Waals surface area contributed by atoms with Crippen molar-refractivity contribution in [3.63, 3.8) is 0 Å². The van der Waals surface area contributed by atoms with E-state index in [0.717, 1.165) is 77.0 Å². The predicted molar refractivity (Wildman–Crippen MR) is 219 cm³/mol. The lowest BCUT2D eigenvalue weighted by Crippen LogP contribution is -2.30. The van der Waals surface area contributed by atoms with Crippen LogP contribution in [-0.2, 0) is 28.6 Å². The molecule has 0 radical (unpaired) electrons. The van der Waals surface area contributed by atoms with E-state index in [9.17, 15) is 14.4 Å². The van der Waals surface area contributed by atoms with Crippen LogP contribution >= 0.6 is 0 Å². The number of allylic oxidation sites excluding steroid dienone is 4. The second kappa shape index (κ2) is 41.6. The zero-order valence-corrected chi connectivity index (χ0v) is 34.6. The molecule has 0 aromatic carbocycles. The molecule has 0 aliphatic carbocycles. The predicted octanol–water partition coefficient (Wildman–Crippen LogP) is 14.0. The lowest BCUT2D eigenvalue weighted by atomic mass is 10.0. The zero-order chi connectivity index (χ0) is 38.0. The number of rotatable bonds is 40. The fourth-order valence-corrected chi connectivity index (χ4v) is 6.29. The topological polar surface area (TPSA) is 78.9 Å². The maximum atomic E-state index is 12.6. The van der Waals surface area contributed by atoms with Crippen LogP contribution in [0.1, 0.15) is 233 Å². The first kappa shape index (κ1) is 49.9. The maximum absolute atomic E-state index is 12.6. The second-order valence-electron chi connectivity index (χ2n) is 15.0. The highest BCUT2D eigenvalue weighted by molar-refractivity contribution is 5.71. The highest BCUT2D eigenvalue weighted by atomic mass is 16.6. The molecule has 0 aliphatic heterocycles. The molecular formula is C46H84O6. The Bertz CT molecular complexity index is 850. The van der Waals surface area contributed by atoms with E-state index >= 15 is 0 Å². The van der Waals surface area contributed by atoms with Crippen molar-refractivity contribution in [3.05, 3.63) is 24.3 Å². The Hall–Kier alpha value is -2.11. The summed E-state index contributed by atoms with van der Waals surface area (Å²) in [5.74, 6) is -0.893. The van der Waals surface area contributed by atoms with Gasteiger partial charge < -0.3 is 14.2 Å². The number of carbonyl (C=O) groups excluding carboxylic acids is 3. The third-order valence-electron chi connectivity index (χ3n) is 9.71. The molecule has 0 saturated carbocycles. The van der Waals surface area contributed by atoms with Gasteiger partial charge in [-0.2, -0.15) is 0 Å². The van der Waals surface area contributed by atoms with Crippen LogP contribution in [0.15, 0.2) is 24.3 Å². The van der Waals surface area contributed by atoms with Crippen molar-refractivity contribution in [1.82, 2.24) is 0 Å². The molecule has 0 rings (SSSR count). The Morgan fingerprint density at radius 2 is 0.692 bits per heavy atom. The molecule has 304 valence electrons. The number of hydrogen-bond acceptors (Lipinski definition) is 6. The molecule has 1 atom stereocenters. The number of carbonyl (C=O) groups is 3. The minimum atomic E-state index is -0.767. The summed E-state index contributed by atoms with van der Waals surface area (Å²) in [4.78, 5) is 37.5. The quantitative estimate of drug-likeness (QED) is 0.0270. The Balaban J connectivity index is 4.27. The highest BCUT2D eigenvalue weighted by Crippen LogP contribution is 2.14. The Morgan fingerprint density at radius 1 is 0.385 bits per heavy atom. The summed E-state index contributed by atoms with van der Waals surface area (Å²) in [5.41, 5.74) is 0. The normalized spacial score (nSPS) is 12.1. The maximum Gasteiger partial charge on any atom is 0.306 e. The summed E-state index contributed by atoms with van der Waals surface area (Å²) in [7, 11) is 0. The standard InChI is InChI=1S/C46H84O6/c1-4-7-10-13-16-18-20-22-23-24-25-27-28-30-33-36-39-45(48)51-42-43(41-50-44(47)38-35-32-15-12-9-6-3)52-46(49)40-37-34-31-29-26-21-19-17-14-11-8-5-2/h18,20,23-24,43H,4-17,19,21-22,25-42H2,1-3H3/b20-18-,24-23-. The molecule has 0 aliphatic rings. The molecule has 0 amide bonds. The third-order valence-corrected chi connectivity index (χ3v) is 9.71. The summed E-state index contributed by atoms with van der Waals surface area (Å²) < 4.78 is 16.6. The van der Waals surface area contributed by atoms with Crippen LogP contribution < -0.4 is 0 Å². The Labute approximate surface area is 322 Å². The van der Waals surface area contributed by atoms with Gasteiger partial charge in [0.2, 0.25) is 0 Å². The molecule has 0 bridgehead atoms. The minimum absolute atomic E-state index is 0.0735. The Morgan fingerprint density at radius 3 is 1.08 bits per heavy atom. The van der Waals surface area contributed by atoms with Crippen molar-refractivity contribution in [1.29, 1.82) is 0 Å². The second-order valence-corrected chi connectivity index (χ2v) is 15.0. The monoisotopic (exact) mass is 733 g/mol. The SMILES string of the molecule is CCCCCC/C=C\C/C=C\CCCCCCCC(=O)OCC(COC(=O)CCCCCCCC)OC(=O)CCCCCCCCCCCCCC. The lowest BCUT2D eigenvalue weighted by Gasteiger charge is -2.18. The molecule has 0 N–H and O–H groups in total. The van der Waals surface area contributed by atoms with Crippen LogP contribution in [0.2, 0.25) is 0 Å². The van der Waals surface area contributed by atoms with Crippen molar-refractivity contribution >= 4 is 17.9 Å². The average molecular weight is 733 g/mol. The number of unbranched alkanes of at least 4 members (excludes halogenated alkanes) is 25. The first-order valence-corrected chi connectivity index (χ1v) is 22.3. The Kier molecular flexibility index (Phi) is 40.0. The van der Waals surface area contributed by atoms with Crippen LogP contribution in [0.25, 0.3) is 0 Å². The lowest BCUT2D eigenvalue weighted by molar-refractivity contribution is -0.167. The number of esters is 3. The van der Waals surface area contributed by atoms with E-state index in [-0.39, 0.29) is 31.1 Å². The molecule has 6 nitrogen and oxygen atoms in total. The average Bonchev–Trinajstić information content (AvgIpc) is 3.14. The van der Waals surface area contributed by atoms with Crippen molar-refractivity contribution < 1.29 is 28.6 Å². The van der Waals surface area contributed by atoms with Crippen LogP contribution in [-0.4, -0.2) is 37.2 Å². The summed E-state index contributed by atoms with van der Waals surface area (Å²) in [6.07, 6.45) is 44.6. The first-order valence-electron chi connectivity index (χ1n) is 22.3. The molecule has 6 heteroatoms. The smallest absolute Gasteiger partial charge is 0.306 e. The zero-order valence-electron chi connectivity index (χ0n) is 34.6. The number of hydrogen-bond donors (Lipinski definition) is 0. The fraction of sp³-hybridized carbons (Fsp3) is 0.848. The van der Waals surface area contributed by atoms with Gasteiger partial charge in [-0.25, -0.2) is 0 Å². The van der Waals surface area contributed by atoms with Crippen molar-refractivity contribution in [2.45, 2.75) is 239 Å². The van der Waals surface area contributed by atoms with Crippen molar-refractivity contribution in [2.75, 3.05) is 13.2 Å². The van der Waals surface area contributed by atoms with E-state index in [2.05, 4.69) is 45.1 Å². The molecule has 0 saturated heterocycles. The minimum Gasteiger partial charge on any atom is -0.462 e. The van der Waals surface area contributed by atoms with Gasteiger partial charge in [0, 0.05) is 19.3 Å². The molecule has 0 aromatic heterocycles. The number of ether oxygens (including phenoxy) is 3. The summed E-state index contributed by atoms with van der Waals surface area (Å²) in [6, 6.07) is 0. The van der Waals surface area contributed by atoms with Crippen LogP contribution in [0.5, 0.6) is 0 Å². The van der Waals surface area contributed by atoms with E-state index in [1.165, 1.54) is 116 Å². The van der Waals surface area contributed by atoms with Crippen molar-refractivity contribution in [3.8, 4) is 0 Å². The molecule has 1 unspecified atom stereocenters. The van der Waals surface area contributed by atoms with Crippen LogP contribution in [0, 0.1) is 0 Å². The van der Waals surface area contributed by atoms with Gasteiger partial charge in [0.1, 0.15) is 13.2 Å². The molecule has 52 heavy (non-hydrogen) atoms. The first-order chi connectivity index (χ1) is 25.5. The summed E-state index contributed by atoms with van der Waals surface area (Å²) >= 11 is 0. The van der Waals surface area contributed by atoms with Crippen LogP contribution in [0.3, 0.4) is 0 Å². The third kappa shape index (κ3) is 39.1. The molecule has 0 aromatic rings. The fourth-order valence-electron chi connectivity index (χ4n) is 6.29. The highest BCUT2D eigenvalue weighted by Gasteiger charge is 2.19. The molecular weight excluding hydrogens is 648 g/mol. The van der Waals surface area contributed by atoms with Gasteiger partial charge >= 0.3 is 17.9 Å². The molecule has 0 heterocycles.